The third-order valence-electron chi connectivity index (χ3n) is 2.53. The highest BCUT2D eigenvalue weighted by Crippen LogP contribution is 2.20. The minimum Gasteiger partial charge on any atom is -0.388 e. The van der Waals surface area contributed by atoms with E-state index in [4.69, 9.17) is 11.6 Å². The first-order valence-corrected chi connectivity index (χ1v) is 5.49. The van der Waals surface area contributed by atoms with Crippen LogP contribution in [0.5, 0.6) is 0 Å². The van der Waals surface area contributed by atoms with Crippen LogP contribution >= 0.6 is 11.6 Å². The van der Waals surface area contributed by atoms with E-state index in [-0.39, 0.29) is 6.10 Å². The normalized spacial score (nSPS) is 12.9. The molecule has 1 N–H and O–H groups in total. The summed E-state index contributed by atoms with van der Waals surface area (Å²) in [5, 5.41) is 9.81. The summed E-state index contributed by atoms with van der Waals surface area (Å²) in [7, 11) is 0. The van der Waals surface area contributed by atoms with Gasteiger partial charge >= 0.3 is 0 Å². The average Bonchev–Trinajstić information content (AvgIpc) is 2.18. The van der Waals surface area contributed by atoms with Crippen molar-refractivity contribution < 1.29 is 5.11 Å². The van der Waals surface area contributed by atoms with Gasteiger partial charge in [-0.3, -0.25) is 0 Å². The van der Waals surface area contributed by atoms with Crippen LogP contribution in [0.15, 0.2) is 18.2 Å². The molecule has 1 aromatic carbocycles. The fourth-order valence-electron chi connectivity index (χ4n) is 1.41. The van der Waals surface area contributed by atoms with Crippen LogP contribution in [0.2, 0.25) is 0 Å². The van der Waals surface area contributed by atoms with E-state index in [0.717, 1.165) is 18.4 Å². The van der Waals surface area contributed by atoms with E-state index in [9.17, 15) is 5.11 Å². The predicted octanol–water partition coefficient (Wildman–Crippen LogP) is 3.36. The fraction of sp³-hybridized carbons (Fsp3) is 0.500. The highest BCUT2D eigenvalue weighted by molar-refractivity contribution is 6.17. The van der Waals surface area contributed by atoms with Crippen molar-refractivity contribution >= 4 is 11.6 Å². The van der Waals surface area contributed by atoms with Crippen LogP contribution in [-0.4, -0.2) is 11.0 Å². The predicted molar refractivity (Wildman–Crippen MR) is 60.8 cm³/mol. The molecule has 14 heavy (non-hydrogen) atoms. The quantitative estimate of drug-likeness (QED) is 0.759. The van der Waals surface area contributed by atoms with Crippen molar-refractivity contribution in [2.24, 2.45) is 0 Å². The number of hydrogen-bond acceptors (Lipinski definition) is 1. The third-order valence-corrected chi connectivity index (χ3v) is 2.79. The molecule has 0 heterocycles. The summed E-state index contributed by atoms with van der Waals surface area (Å²) >= 11 is 5.58. The second-order valence-corrected chi connectivity index (χ2v) is 4.07. The molecule has 1 rings (SSSR count). The van der Waals surface area contributed by atoms with Crippen molar-refractivity contribution in [2.45, 2.75) is 32.8 Å². The molecule has 0 amide bonds. The molecule has 78 valence electrons. The Morgan fingerprint density at radius 3 is 2.57 bits per heavy atom. The molecule has 0 bridgehead atoms. The molecule has 0 aromatic heterocycles. The number of benzene rings is 1. The highest BCUT2D eigenvalue weighted by Gasteiger charge is 2.07. The molecule has 0 radical (unpaired) electrons. The van der Waals surface area contributed by atoms with Crippen molar-refractivity contribution in [3.63, 3.8) is 0 Å². The highest BCUT2D eigenvalue weighted by atomic mass is 35.5. The van der Waals surface area contributed by atoms with Crippen LogP contribution in [0.4, 0.5) is 0 Å². The van der Waals surface area contributed by atoms with E-state index in [0.29, 0.717) is 5.88 Å². The maximum atomic E-state index is 9.81. The molecule has 0 saturated heterocycles. The number of hydrogen-bond donors (Lipinski definition) is 1. The first kappa shape index (κ1) is 11.5. The molecular weight excluding hydrogens is 196 g/mol. The molecule has 0 spiro atoms. The Labute approximate surface area is 90.7 Å². The van der Waals surface area contributed by atoms with Crippen molar-refractivity contribution in [1.82, 2.24) is 0 Å². The Morgan fingerprint density at radius 2 is 2.00 bits per heavy atom. The van der Waals surface area contributed by atoms with Crippen molar-refractivity contribution in [2.75, 3.05) is 5.88 Å². The molecule has 0 saturated carbocycles. The van der Waals surface area contributed by atoms with E-state index >= 15 is 0 Å². The van der Waals surface area contributed by atoms with E-state index in [1.54, 1.807) is 0 Å². The number of rotatable bonds is 4. The summed E-state index contributed by atoms with van der Waals surface area (Å²) < 4.78 is 0. The zero-order chi connectivity index (χ0) is 10.6. The van der Waals surface area contributed by atoms with E-state index in [1.807, 2.05) is 12.1 Å². The van der Waals surface area contributed by atoms with Gasteiger partial charge in [0, 0.05) is 5.88 Å². The van der Waals surface area contributed by atoms with Crippen LogP contribution in [0.3, 0.4) is 0 Å². The van der Waals surface area contributed by atoms with Gasteiger partial charge in [0.25, 0.3) is 0 Å². The van der Waals surface area contributed by atoms with Crippen LogP contribution in [-0.2, 0) is 0 Å². The molecule has 1 aromatic rings. The molecule has 1 nitrogen and oxygen atoms in total. The fourth-order valence-corrected chi connectivity index (χ4v) is 1.56. The lowest BCUT2D eigenvalue weighted by Crippen LogP contribution is -1.98. The number of alkyl halides is 1. The van der Waals surface area contributed by atoms with Gasteiger partial charge < -0.3 is 5.11 Å². The molecule has 0 aliphatic heterocycles. The zero-order valence-corrected chi connectivity index (χ0v) is 9.51. The van der Waals surface area contributed by atoms with Gasteiger partial charge in [-0.2, -0.15) is 0 Å². The first-order chi connectivity index (χ1) is 6.65. The zero-order valence-electron chi connectivity index (χ0n) is 8.76. The van der Waals surface area contributed by atoms with Gasteiger partial charge in [0.15, 0.2) is 0 Å². The second kappa shape index (κ2) is 5.38. The topological polar surface area (TPSA) is 20.2 Å². The Kier molecular flexibility index (Phi) is 4.43. The van der Waals surface area contributed by atoms with Gasteiger partial charge in [-0.15, -0.1) is 11.6 Å². The molecule has 2 heteroatoms. The lowest BCUT2D eigenvalue weighted by molar-refractivity contribution is 0.166. The van der Waals surface area contributed by atoms with E-state index in [1.165, 1.54) is 11.1 Å². The Hall–Kier alpha value is -0.530. The second-order valence-electron chi connectivity index (χ2n) is 3.69. The number of aliphatic hydroxyl groups is 1. The molecular formula is C12H17ClO. The van der Waals surface area contributed by atoms with Gasteiger partial charge in [-0.05, 0) is 43.4 Å². The Bertz CT molecular complexity index is 296. The standard InChI is InChI=1S/C12H17ClO/c1-9-5-6-11(8-10(9)2)12(14)4-3-7-13/h5-6,8,12,14H,3-4,7H2,1-2H3. The molecule has 0 aliphatic carbocycles. The summed E-state index contributed by atoms with van der Waals surface area (Å²) in [6.07, 6.45) is 1.23. The Balaban J connectivity index is 2.70. The SMILES string of the molecule is Cc1ccc(C(O)CCCCl)cc1C. The van der Waals surface area contributed by atoms with Crippen molar-refractivity contribution in [3.8, 4) is 0 Å². The van der Waals surface area contributed by atoms with E-state index in [2.05, 4.69) is 19.9 Å². The average molecular weight is 213 g/mol. The van der Waals surface area contributed by atoms with Gasteiger partial charge in [0.2, 0.25) is 0 Å². The summed E-state index contributed by atoms with van der Waals surface area (Å²) in [4.78, 5) is 0. The number of aryl methyl sites for hydroxylation is 2. The molecule has 1 atom stereocenters. The van der Waals surface area contributed by atoms with Crippen LogP contribution < -0.4 is 0 Å². The monoisotopic (exact) mass is 212 g/mol. The lowest BCUT2D eigenvalue weighted by Gasteiger charge is -2.11. The number of halogens is 1. The third kappa shape index (κ3) is 3.00. The maximum Gasteiger partial charge on any atom is 0.0790 e. The summed E-state index contributed by atoms with van der Waals surface area (Å²) in [5.74, 6) is 0.613. The lowest BCUT2D eigenvalue weighted by atomic mass is 10.0. The molecule has 1 unspecified atom stereocenters. The van der Waals surface area contributed by atoms with Crippen LogP contribution in [0.25, 0.3) is 0 Å². The summed E-state index contributed by atoms with van der Waals surface area (Å²) in [6, 6.07) is 6.09. The van der Waals surface area contributed by atoms with Gasteiger partial charge in [-0.1, -0.05) is 18.2 Å². The minimum atomic E-state index is -0.368. The summed E-state index contributed by atoms with van der Waals surface area (Å²) in [6.45, 7) is 4.14. The molecule has 0 fully saturated rings. The Morgan fingerprint density at radius 1 is 1.29 bits per heavy atom. The number of aliphatic hydroxyl groups excluding tert-OH is 1. The largest absolute Gasteiger partial charge is 0.388 e. The maximum absolute atomic E-state index is 9.81. The van der Waals surface area contributed by atoms with Crippen molar-refractivity contribution in [3.05, 3.63) is 34.9 Å². The first-order valence-electron chi connectivity index (χ1n) is 4.96. The van der Waals surface area contributed by atoms with Crippen LogP contribution in [0, 0.1) is 13.8 Å². The van der Waals surface area contributed by atoms with E-state index < -0.39 is 0 Å². The van der Waals surface area contributed by atoms with Gasteiger partial charge in [0.1, 0.15) is 0 Å². The summed E-state index contributed by atoms with van der Waals surface area (Å²) in [5.41, 5.74) is 3.49. The molecule has 0 aliphatic rings. The smallest absolute Gasteiger partial charge is 0.0790 e. The van der Waals surface area contributed by atoms with Crippen molar-refractivity contribution in [1.29, 1.82) is 0 Å². The minimum absolute atomic E-state index is 0.368. The van der Waals surface area contributed by atoms with Crippen LogP contribution in [0.1, 0.15) is 35.6 Å². The van der Waals surface area contributed by atoms with Gasteiger partial charge in [-0.25, -0.2) is 0 Å². The van der Waals surface area contributed by atoms with Gasteiger partial charge in [0.05, 0.1) is 6.10 Å².